The average molecular weight is 380 g/mol. The molecule has 1 N–H and O–H groups in total. The summed E-state index contributed by atoms with van der Waals surface area (Å²) in [5.74, 6) is 0.514. The van der Waals surface area contributed by atoms with Crippen LogP contribution < -0.4 is 9.47 Å². The van der Waals surface area contributed by atoms with Crippen LogP contribution in [0.1, 0.15) is 18.4 Å². The molecule has 0 spiro atoms. The summed E-state index contributed by atoms with van der Waals surface area (Å²) in [7, 11) is 1.45. The van der Waals surface area contributed by atoms with Crippen molar-refractivity contribution in [1.82, 2.24) is 4.90 Å². The number of methoxy groups -OCH3 is 1. The zero-order valence-electron chi connectivity index (χ0n) is 14.8. The molecule has 1 saturated heterocycles. The van der Waals surface area contributed by atoms with Gasteiger partial charge in [0.1, 0.15) is 18.0 Å². The van der Waals surface area contributed by atoms with E-state index in [0.717, 1.165) is 13.0 Å². The van der Waals surface area contributed by atoms with E-state index in [1.807, 2.05) is 11.0 Å². The third kappa shape index (κ3) is 4.67. The summed E-state index contributed by atoms with van der Waals surface area (Å²) >= 11 is 5.96. The van der Waals surface area contributed by atoms with E-state index in [9.17, 15) is 9.50 Å². The summed E-state index contributed by atoms with van der Waals surface area (Å²) in [6, 6.07) is 12.2. The van der Waals surface area contributed by atoms with Gasteiger partial charge >= 0.3 is 0 Å². The highest BCUT2D eigenvalue weighted by Gasteiger charge is 2.34. The van der Waals surface area contributed by atoms with Crippen molar-refractivity contribution >= 4 is 11.6 Å². The van der Waals surface area contributed by atoms with Gasteiger partial charge in [-0.15, -0.1) is 0 Å². The minimum atomic E-state index is -0.976. The molecule has 0 saturated carbocycles. The zero-order valence-corrected chi connectivity index (χ0v) is 15.5. The van der Waals surface area contributed by atoms with Crippen molar-refractivity contribution in [2.75, 3.05) is 26.8 Å². The van der Waals surface area contributed by atoms with Crippen LogP contribution in [-0.2, 0) is 6.54 Å². The van der Waals surface area contributed by atoms with Crippen molar-refractivity contribution in [2.45, 2.75) is 25.0 Å². The fraction of sp³-hybridized carbons (Fsp3) is 0.400. The SMILES string of the molecule is COc1cccc(CN2CCCC(O)(COc3cccc(Cl)c3)C2)c1F. The number of benzene rings is 2. The molecule has 26 heavy (non-hydrogen) atoms. The van der Waals surface area contributed by atoms with Gasteiger partial charge in [-0.3, -0.25) is 4.90 Å². The van der Waals surface area contributed by atoms with Crippen LogP contribution in [0.5, 0.6) is 11.5 Å². The largest absolute Gasteiger partial charge is 0.494 e. The van der Waals surface area contributed by atoms with Crippen LogP contribution in [0.3, 0.4) is 0 Å². The number of halogens is 2. The monoisotopic (exact) mass is 379 g/mol. The minimum absolute atomic E-state index is 0.171. The molecule has 0 bridgehead atoms. The predicted octanol–water partition coefficient (Wildman–Crippen LogP) is 3.89. The Kier molecular flexibility index (Phi) is 6.01. The highest BCUT2D eigenvalue weighted by molar-refractivity contribution is 6.30. The average Bonchev–Trinajstić information content (AvgIpc) is 2.62. The van der Waals surface area contributed by atoms with Crippen LogP contribution in [0.2, 0.25) is 5.02 Å². The van der Waals surface area contributed by atoms with E-state index < -0.39 is 5.60 Å². The summed E-state index contributed by atoms with van der Waals surface area (Å²) in [5, 5.41) is 11.5. The van der Waals surface area contributed by atoms with Crippen LogP contribution >= 0.6 is 11.6 Å². The second-order valence-electron chi connectivity index (χ2n) is 6.72. The molecular weight excluding hydrogens is 357 g/mol. The van der Waals surface area contributed by atoms with Gasteiger partial charge in [-0.25, -0.2) is 4.39 Å². The molecule has 3 rings (SSSR count). The Labute approximate surface area is 158 Å². The zero-order chi connectivity index (χ0) is 18.6. The van der Waals surface area contributed by atoms with E-state index in [1.54, 1.807) is 36.4 Å². The first-order valence-corrected chi connectivity index (χ1v) is 9.01. The summed E-state index contributed by atoms with van der Waals surface area (Å²) in [6.07, 6.45) is 1.46. The number of ether oxygens (including phenoxy) is 2. The number of likely N-dealkylation sites (tertiary alicyclic amines) is 1. The van der Waals surface area contributed by atoms with E-state index in [2.05, 4.69) is 0 Å². The lowest BCUT2D eigenvalue weighted by Crippen LogP contribution is -2.51. The molecule has 1 atom stereocenters. The fourth-order valence-electron chi connectivity index (χ4n) is 3.31. The highest BCUT2D eigenvalue weighted by Crippen LogP contribution is 2.27. The van der Waals surface area contributed by atoms with Gasteiger partial charge in [-0.1, -0.05) is 29.8 Å². The van der Waals surface area contributed by atoms with E-state index in [-0.39, 0.29) is 18.2 Å². The van der Waals surface area contributed by atoms with E-state index in [4.69, 9.17) is 21.1 Å². The number of aliphatic hydroxyl groups is 1. The first kappa shape index (κ1) is 19.0. The first-order valence-electron chi connectivity index (χ1n) is 8.64. The maximum atomic E-state index is 14.4. The normalized spacial score (nSPS) is 20.8. The van der Waals surface area contributed by atoms with Crippen molar-refractivity contribution in [3.05, 3.63) is 58.9 Å². The molecule has 1 aliphatic heterocycles. The molecule has 1 aliphatic rings. The van der Waals surface area contributed by atoms with Crippen molar-refractivity contribution in [3.8, 4) is 11.5 Å². The number of hydrogen-bond donors (Lipinski definition) is 1. The van der Waals surface area contributed by atoms with Crippen molar-refractivity contribution in [3.63, 3.8) is 0 Å². The maximum Gasteiger partial charge on any atom is 0.169 e. The third-order valence-electron chi connectivity index (χ3n) is 4.60. The molecule has 1 heterocycles. The van der Waals surface area contributed by atoms with Crippen LogP contribution in [0.15, 0.2) is 42.5 Å². The quantitative estimate of drug-likeness (QED) is 0.826. The van der Waals surface area contributed by atoms with Gasteiger partial charge in [-0.05, 0) is 43.7 Å². The molecule has 4 nitrogen and oxygen atoms in total. The Balaban J connectivity index is 1.63. The number of rotatable bonds is 6. The Morgan fingerprint density at radius 3 is 2.85 bits per heavy atom. The second kappa shape index (κ2) is 8.25. The summed E-state index contributed by atoms with van der Waals surface area (Å²) < 4.78 is 25.1. The van der Waals surface area contributed by atoms with Crippen LogP contribution in [0.25, 0.3) is 0 Å². The van der Waals surface area contributed by atoms with Gasteiger partial charge in [-0.2, -0.15) is 0 Å². The van der Waals surface area contributed by atoms with E-state index in [0.29, 0.717) is 35.8 Å². The van der Waals surface area contributed by atoms with Gasteiger partial charge in [0.05, 0.1) is 7.11 Å². The highest BCUT2D eigenvalue weighted by atomic mass is 35.5. The van der Waals surface area contributed by atoms with Gasteiger partial charge < -0.3 is 14.6 Å². The molecule has 0 amide bonds. The molecule has 2 aromatic rings. The van der Waals surface area contributed by atoms with E-state index in [1.165, 1.54) is 7.11 Å². The summed E-state index contributed by atoms with van der Waals surface area (Å²) in [5.41, 5.74) is -0.417. The molecule has 140 valence electrons. The summed E-state index contributed by atoms with van der Waals surface area (Å²) in [6.45, 7) is 1.81. The van der Waals surface area contributed by atoms with Crippen molar-refractivity contribution in [2.24, 2.45) is 0 Å². The third-order valence-corrected chi connectivity index (χ3v) is 4.83. The molecule has 0 radical (unpaired) electrons. The molecule has 1 unspecified atom stereocenters. The lowest BCUT2D eigenvalue weighted by atomic mass is 9.93. The van der Waals surface area contributed by atoms with Crippen LogP contribution in [0.4, 0.5) is 4.39 Å². The molecule has 1 fully saturated rings. The smallest absolute Gasteiger partial charge is 0.169 e. The Morgan fingerprint density at radius 2 is 2.08 bits per heavy atom. The van der Waals surface area contributed by atoms with Gasteiger partial charge in [0.15, 0.2) is 11.6 Å². The molecule has 0 aliphatic carbocycles. The summed E-state index contributed by atoms with van der Waals surface area (Å²) in [4.78, 5) is 2.04. The van der Waals surface area contributed by atoms with Gasteiger partial charge in [0.2, 0.25) is 0 Å². The van der Waals surface area contributed by atoms with Gasteiger partial charge in [0.25, 0.3) is 0 Å². The first-order chi connectivity index (χ1) is 12.5. The second-order valence-corrected chi connectivity index (χ2v) is 7.15. The van der Waals surface area contributed by atoms with Crippen molar-refractivity contribution in [1.29, 1.82) is 0 Å². The van der Waals surface area contributed by atoms with Crippen LogP contribution in [0, 0.1) is 5.82 Å². The predicted molar refractivity (Wildman–Crippen MR) is 99.4 cm³/mol. The molecule has 2 aromatic carbocycles. The number of β-amino-alcohol motifs (C(OH)–C–C–N with tert-alkyl or cyclic N) is 1. The maximum absolute atomic E-state index is 14.4. The molecule has 0 aromatic heterocycles. The number of nitrogens with zero attached hydrogens (tertiary/aromatic N) is 1. The fourth-order valence-corrected chi connectivity index (χ4v) is 3.49. The Bertz CT molecular complexity index is 758. The lowest BCUT2D eigenvalue weighted by molar-refractivity contribution is -0.0623. The lowest BCUT2D eigenvalue weighted by Gasteiger charge is -2.39. The topological polar surface area (TPSA) is 41.9 Å². The minimum Gasteiger partial charge on any atom is -0.494 e. The Morgan fingerprint density at radius 1 is 1.27 bits per heavy atom. The molecule has 6 heteroatoms. The van der Waals surface area contributed by atoms with Gasteiger partial charge in [0, 0.05) is 23.7 Å². The number of hydrogen-bond acceptors (Lipinski definition) is 4. The van der Waals surface area contributed by atoms with Crippen molar-refractivity contribution < 1.29 is 19.0 Å². The Hall–Kier alpha value is -1.82. The van der Waals surface area contributed by atoms with E-state index >= 15 is 0 Å². The van der Waals surface area contributed by atoms with Crippen LogP contribution in [-0.4, -0.2) is 42.4 Å². The standard InChI is InChI=1S/C20H23ClFNO3/c1-25-18-8-2-5-15(19(18)22)12-23-10-4-9-20(24,13-23)14-26-17-7-3-6-16(21)11-17/h2-3,5-8,11,24H,4,9-10,12-14H2,1H3. The molecular formula is C20H23ClFNO3. The number of piperidine rings is 1.